The summed E-state index contributed by atoms with van der Waals surface area (Å²) in [6, 6.07) is 6.95. The molecular formula is C13H20BrNO3S. The van der Waals surface area contributed by atoms with Crippen LogP contribution in [0.3, 0.4) is 0 Å². The molecule has 1 N–H and O–H groups in total. The van der Waals surface area contributed by atoms with E-state index in [1.165, 1.54) is 0 Å². The van der Waals surface area contributed by atoms with Gasteiger partial charge >= 0.3 is 0 Å². The zero-order chi connectivity index (χ0) is 14.3. The van der Waals surface area contributed by atoms with Gasteiger partial charge in [-0.1, -0.05) is 35.0 Å². The Morgan fingerprint density at radius 3 is 2.47 bits per heavy atom. The standard InChI is InChI=1S/C13H20BrNO3S/c1-3-8-15-19(16,17)13-6-4-11(5-7-13)9-12(14)10-18-2/h4-7,12,15H,3,8-10H2,1-2H3. The Bertz CT molecular complexity index is 473. The maximum atomic E-state index is 11.9. The van der Waals surface area contributed by atoms with E-state index in [2.05, 4.69) is 20.7 Å². The molecule has 19 heavy (non-hydrogen) atoms. The van der Waals surface area contributed by atoms with Crippen molar-refractivity contribution in [3.63, 3.8) is 0 Å². The number of methoxy groups -OCH3 is 1. The predicted octanol–water partition coefficient (Wildman–Crippen LogP) is 2.33. The zero-order valence-electron chi connectivity index (χ0n) is 11.2. The molecule has 0 aliphatic carbocycles. The molecule has 0 saturated heterocycles. The van der Waals surface area contributed by atoms with Gasteiger partial charge in [0.25, 0.3) is 0 Å². The molecule has 0 bridgehead atoms. The number of sulfonamides is 1. The molecule has 1 aromatic rings. The molecule has 1 atom stereocenters. The minimum Gasteiger partial charge on any atom is -0.384 e. The lowest BCUT2D eigenvalue weighted by Gasteiger charge is -2.10. The Hall–Kier alpha value is -0.430. The number of alkyl halides is 1. The predicted molar refractivity (Wildman–Crippen MR) is 80.2 cm³/mol. The molecule has 1 unspecified atom stereocenters. The van der Waals surface area contributed by atoms with Crippen LogP contribution in [0.25, 0.3) is 0 Å². The Morgan fingerprint density at radius 1 is 1.32 bits per heavy atom. The highest BCUT2D eigenvalue weighted by Crippen LogP contribution is 2.14. The van der Waals surface area contributed by atoms with E-state index in [4.69, 9.17) is 4.74 Å². The second kappa shape index (κ2) is 7.99. The number of hydrogen-bond donors (Lipinski definition) is 1. The highest BCUT2D eigenvalue weighted by Gasteiger charge is 2.13. The highest BCUT2D eigenvalue weighted by molar-refractivity contribution is 9.09. The molecule has 0 heterocycles. The van der Waals surface area contributed by atoms with Crippen LogP contribution in [-0.4, -0.2) is 33.5 Å². The zero-order valence-corrected chi connectivity index (χ0v) is 13.6. The maximum absolute atomic E-state index is 11.9. The number of hydrogen-bond acceptors (Lipinski definition) is 3. The van der Waals surface area contributed by atoms with Gasteiger partial charge in [-0.25, -0.2) is 13.1 Å². The van der Waals surface area contributed by atoms with E-state index < -0.39 is 10.0 Å². The monoisotopic (exact) mass is 349 g/mol. The lowest BCUT2D eigenvalue weighted by Crippen LogP contribution is -2.24. The van der Waals surface area contributed by atoms with Gasteiger partial charge in [-0.3, -0.25) is 0 Å². The Balaban J connectivity index is 2.71. The van der Waals surface area contributed by atoms with Crippen LogP contribution < -0.4 is 4.72 Å². The molecular weight excluding hydrogens is 330 g/mol. The van der Waals surface area contributed by atoms with Gasteiger partial charge in [0.2, 0.25) is 10.0 Å². The molecule has 1 aromatic carbocycles. The van der Waals surface area contributed by atoms with Gasteiger partial charge in [0.15, 0.2) is 0 Å². The van der Waals surface area contributed by atoms with Gasteiger partial charge in [-0.05, 0) is 30.5 Å². The summed E-state index contributed by atoms with van der Waals surface area (Å²) in [7, 11) is -1.71. The first kappa shape index (κ1) is 16.6. The molecule has 0 aliphatic rings. The largest absolute Gasteiger partial charge is 0.384 e. The van der Waals surface area contributed by atoms with Crippen molar-refractivity contribution in [1.82, 2.24) is 4.72 Å². The molecule has 0 aliphatic heterocycles. The maximum Gasteiger partial charge on any atom is 0.240 e. The van der Waals surface area contributed by atoms with E-state index >= 15 is 0 Å². The second-order valence-corrected chi connectivity index (χ2v) is 7.36. The molecule has 0 radical (unpaired) electrons. The summed E-state index contributed by atoms with van der Waals surface area (Å²) in [5.74, 6) is 0. The van der Waals surface area contributed by atoms with Crippen molar-refractivity contribution in [2.75, 3.05) is 20.3 Å². The second-order valence-electron chi connectivity index (χ2n) is 4.30. The van der Waals surface area contributed by atoms with Crippen molar-refractivity contribution in [1.29, 1.82) is 0 Å². The van der Waals surface area contributed by atoms with Crippen molar-refractivity contribution in [3.05, 3.63) is 29.8 Å². The lowest BCUT2D eigenvalue weighted by atomic mass is 10.1. The van der Waals surface area contributed by atoms with E-state index in [9.17, 15) is 8.42 Å². The van der Waals surface area contributed by atoms with E-state index in [-0.39, 0.29) is 4.83 Å². The summed E-state index contributed by atoms with van der Waals surface area (Å²) >= 11 is 3.51. The summed E-state index contributed by atoms with van der Waals surface area (Å²) in [5, 5.41) is 0. The van der Waals surface area contributed by atoms with Crippen LogP contribution in [-0.2, 0) is 21.2 Å². The number of ether oxygens (including phenoxy) is 1. The average Bonchev–Trinajstić information content (AvgIpc) is 2.37. The molecule has 0 fully saturated rings. The van der Waals surface area contributed by atoms with Crippen molar-refractivity contribution in [2.24, 2.45) is 0 Å². The smallest absolute Gasteiger partial charge is 0.240 e. The third kappa shape index (κ3) is 5.60. The Kier molecular flexibility index (Phi) is 6.99. The van der Waals surface area contributed by atoms with Crippen LogP contribution >= 0.6 is 15.9 Å². The molecule has 4 nitrogen and oxygen atoms in total. The van der Waals surface area contributed by atoms with Crippen LogP contribution in [0.4, 0.5) is 0 Å². The van der Waals surface area contributed by atoms with E-state index in [0.29, 0.717) is 18.0 Å². The third-order valence-corrected chi connectivity index (χ3v) is 4.65. The van der Waals surface area contributed by atoms with Gasteiger partial charge in [0, 0.05) is 18.5 Å². The summed E-state index contributed by atoms with van der Waals surface area (Å²) in [6.07, 6.45) is 1.58. The number of rotatable bonds is 8. The molecule has 6 heteroatoms. The molecule has 0 amide bonds. The van der Waals surface area contributed by atoms with E-state index in [0.717, 1.165) is 18.4 Å². The van der Waals surface area contributed by atoms with Gasteiger partial charge in [0.1, 0.15) is 0 Å². The van der Waals surface area contributed by atoms with Gasteiger partial charge in [-0.15, -0.1) is 0 Å². The van der Waals surface area contributed by atoms with Crippen molar-refractivity contribution in [2.45, 2.75) is 29.5 Å². The fourth-order valence-electron chi connectivity index (χ4n) is 1.62. The summed E-state index contributed by atoms with van der Waals surface area (Å²) in [5.41, 5.74) is 1.08. The quantitative estimate of drug-likeness (QED) is 0.732. The molecule has 0 aromatic heterocycles. The average molecular weight is 350 g/mol. The van der Waals surface area contributed by atoms with Gasteiger partial charge in [-0.2, -0.15) is 0 Å². The van der Waals surface area contributed by atoms with Crippen molar-refractivity contribution >= 4 is 26.0 Å². The number of benzene rings is 1. The topological polar surface area (TPSA) is 55.4 Å². The van der Waals surface area contributed by atoms with Crippen LogP contribution in [0.5, 0.6) is 0 Å². The summed E-state index contributed by atoms with van der Waals surface area (Å²) < 4.78 is 31.4. The fourth-order valence-corrected chi connectivity index (χ4v) is 3.39. The molecule has 0 saturated carbocycles. The van der Waals surface area contributed by atoms with Crippen LogP contribution in [0.1, 0.15) is 18.9 Å². The third-order valence-electron chi connectivity index (χ3n) is 2.58. The number of nitrogens with one attached hydrogen (secondary N) is 1. The fraction of sp³-hybridized carbons (Fsp3) is 0.538. The summed E-state index contributed by atoms with van der Waals surface area (Å²) in [4.78, 5) is 0.542. The summed E-state index contributed by atoms with van der Waals surface area (Å²) in [6.45, 7) is 3.01. The van der Waals surface area contributed by atoms with Crippen LogP contribution in [0.15, 0.2) is 29.2 Å². The van der Waals surface area contributed by atoms with Crippen molar-refractivity contribution < 1.29 is 13.2 Å². The first-order valence-electron chi connectivity index (χ1n) is 6.21. The minimum atomic E-state index is -3.36. The first-order chi connectivity index (χ1) is 8.99. The van der Waals surface area contributed by atoms with Crippen LogP contribution in [0.2, 0.25) is 0 Å². The molecule has 0 spiro atoms. The van der Waals surface area contributed by atoms with E-state index in [1.54, 1.807) is 19.2 Å². The van der Waals surface area contributed by atoms with E-state index in [1.807, 2.05) is 19.1 Å². The Labute approximate surface area is 123 Å². The van der Waals surface area contributed by atoms with Gasteiger partial charge < -0.3 is 4.74 Å². The van der Waals surface area contributed by atoms with Gasteiger partial charge in [0.05, 0.1) is 11.5 Å². The first-order valence-corrected chi connectivity index (χ1v) is 8.61. The van der Waals surface area contributed by atoms with Crippen molar-refractivity contribution in [3.8, 4) is 0 Å². The minimum absolute atomic E-state index is 0.234. The Morgan fingerprint density at radius 2 is 1.95 bits per heavy atom. The number of halogens is 1. The lowest BCUT2D eigenvalue weighted by molar-refractivity contribution is 0.200. The highest BCUT2D eigenvalue weighted by atomic mass is 79.9. The van der Waals surface area contributed by atoms with Crippen LogP contribution in [0, 0.1) is 0 Å². The molecule has 108 valence electrons. The normalized spacial score (nSPS) is 13.4. The SMILES string of the molecule is CCCNS(=O)(=O)c1ccc(CC(Br)COC)cc1. The molecule has 1 rings (SSSR count).